The van der Waals surface area contributed by atoms with Crippen molar-refractivity contribution in [2.75, 3.05) is 6.54 Å². The van der Waals surface area contributed by atoms with Crippen LogP contribution in [0.3, 0.4) is 0 Å². The second-order valence-electron chi connectivity index (χ2n) is 5.87. The Balaban J connectivity index is 1.91. The van der Waals surface area contributed by atoms with Crippen LogP contribution in [-0.2, 0) is 13.2 Å². The van der Waals surface area contributed by atoms with E-state index in [1.807, 2.05) is 18.2 Å². The second kappa shape index (κ2) is 10.3. The third-order valence-corrected chi connectivity index (χ3v) is 4.12. The van der Waals surface area contributed by atoms with E-state index in [0.717, 1.165) is 17.9 Å². The van der Waals surface area contributed by atoms with Crippen LogP contribution in [0, 0.1) is 5.82 Å². The molecule has 2 aromatic carbocycles. The van der Waals surface area contributed by atoms with Crippen LogP contribution in [0.25, 0.3) is 0 Å². The molecule has 24 heavy (non-hydrogen) atoms. The molecule has 0 atom stereocenters. The minimum Gasteiger partial charge on any atom is -0.488 e. The molecule has 0 saturated heterocycles. The predicted molar refractivity (Wildman–Crippen MR) is 98.0 cm³/mol. The van der Waals surface area contributed by atoms with Crippen LogP contribution >= 0.6 is 11.6 Å². The van der Waals surface area contributed by atoms with Crippen molar-refractivity contribution in [1.82, 2.24) is 5.32 Å². The maximum absolute atomic E-state index is 13.7. The molecule has 0 bridgehead atoms. The quantitative estimate of drug-likeness (QED) is 0.553. The highest BCUT2D eigenvalue weighted by molar-refractivity contribution is 6.30. The van der Waals surface area contributed by atoms with Crippen LogP contribution < -0.4 is 10.1 Å². The molecule has 130 valence electrons. The van der Waals surface area contributed by atoms with Gasteiger partial charge in [-0.3, -0.25) is 0 Å². The zero-order valence-electron chi connectivity index (χ0n) is 14.2. The van der Waals surface area contributed by atoms with E-state index in [9.17, 15) is 4.39 Å². The summed E-state index contributed by atoms with van der Waals surface area (Å²) in [5.74, 6) is 0.491. The van der Waals surface area contributed by atoms with Gasteiger partial charge in [-0.1, -0.05) is 56.0 Å². The van der Waals surface area contributed by atoms with Gasteiger partial charge in [-0.2, -0.15) is 0 Å². The largest absolute Gasteiger partial charge is 0.488 e. The maximum atomic E-state index is 13.7. The van der Waals surface area contributed by atoms with E-state index in [-0.39, 0.29) is 12.4 Å². The lowest BCUT2D eigenvalue weighted by Crippen LogP contribution is -2.15. The molecule has 0 aliphatic rings. The number of ether oxygens (including phenoxy) is 1. The normalized spacial score (nSPS) is 10.8. The molecule has 0 radical (unpaired) electrons. The SMILES string of the molecule is CCCCCCNCc1cc(Cl)ccc1OCc1ccccc1F. The van der Waals surface area contributed by atoms with Gasteiger partial charge in [0.25, 0.3) is 0 Å². The van der Waals surface area contributed by atoms with Gasteiger partial charge in [-0.05, 0) is 37.2 Å². The standard InChI is InChI=1S/C20H25ClFNO/c1-2-3-4-7-12-23-14-17-13-18(21)10-11-20(17)24-15-16-8-5-6-9-19(16)22/h5-6,8-11,13,23H,2-4,7,12,14-15H2,1H3. The average Bonchev–Trinajstić information content (AvgIpc) is 2.58. The molecule has 2 rings (SSSR count). The van der Waals surface area contributed by atoms with Gasteiger partial charge in [0, 0.05) is 22.7 Å². The Morgan fingerprint density at radius 1 is 1.04 bits per heavy atom. The van der Waals surface area contributed by atoms with Crippen molar-refractivity contribution in [1.29, 1.82) is 0 Å². The fourth-order valence-corrected chi connectivity index (χ4v) is 2.69. The summed E-state index contributed by atoms with van der Waals surface area (Å²) in [6.45, 7) is 4.08. The lowest BCUT2D eigenvalue weighted by Gasteiger charge is -2.13. The summed E-state index contributed by atoms with van der Waals surface area (Å²) in [7, 11) is 0. The van der Waals surface area contributed by atoms with Gasteiger partial charge in [-0.15, -0.1) is 0 Å². The van der Waals surface area contributed by atoms with Crippen LogP contribution in [-0.4, -0.2) is 6.54 Å². The molecule has 0 amide bonds. The predicted octanol–water partition coefficient (Wildman–Crippen LogP) is 5.73. The topological polar surface area (TPSA) is 21.3 Å². The Labute approximate surface area is 149 Å². The van der Waals surface area contributed by atoms with Gasteiger partial charge in [0.15, 0.2) is 0 Å². The summed E-state index contributed by atoms with van der Waals surface area (Å²) in [5.41, 5.74) is 1.54. The molecule has 0 saturated carbocycles. The zero-order valence-corrected chi connectivity index (χ0v) is 14.9. The van der Waals surface area contributed by atoms with Gasteiger partial charge in [0.2, 0.25) is 0 Å². The fourth-order valence-electron chi connectivity index (χ4n) is 2.50. The third-order valence-electron chi connectivity index (χ3n) is 3.89. The van der Waals surface area contributed by atoms with Gasteiger partial charge in [0.05, 0.1) is 0 Å². The minimum absolute atomic E-state index is 0.206. The average molecular weight is 350 g/mol. The third kappa shape index (κ3) is 6.14. The van der Waals surface area contributed by atoms with Crippen molar-refractivity contribution >= 4 is 11.6 Å². The zero-order chi connectivity index (χ0) is 17.2. The van der Waals surface area contributed by atoms with E-state index in [0.29, 0.717) is 17.1 Å². The summed E-state index contributed by atoms with van der Waals surface area (Å²) >= 11 is 6.10. The Morgan fingerprint density at radius 2 is 1.88 bits per heavy atom. The van der Waals surface area contributed by atoms with Crippen LogP contribution in [0.4, 0.5) is 4.39 Å². The molecule has 0 aliphatic heterocycles. The van der Waals surface area contributed by atoms with Crippen molar-refractivity contribution < 1.29 is 9.13 Å². The summed E-state index contributed by atoms with van der Waals surface area (Å²) < 4.78 is 19.5. The summed E-state index contributed by atoms with van der Waals surface area (Å²) in [4.78, 5) is 0. The minimum atomic E-state index is -0.248. The first-order chi connectivity index (χ1) is 11.7. The van der Waals surface area contributed by atoms with Crippen molar-refractivity contribution in [2.45, 2.75) is 45.8 Å². The lowest BCUT2D eigenvalue weighted by atomic mass is 10.1. The number of nitrogens with one attached hydrogen (secondary N) is 1. The van der Waals surface area contributed by atoms with E-state index >= 15 is 0 Å². The fraction of sp³-hybridized carbons (Fsp3) is 0.400. The van der Waals surface area contributed by atoms with Gasteiger partial charge < -0.3 is 10.1 Å². The second-order valence-corrected chi connectivity index (χ2v) is 6.31. The molecular formula is C20H25ClFNO. The Kier molecular flexibility index (Phi) is 8.06. The van der Waals surface area contributed by atoms with Crippen LogP contribution in [0.2, 0.25) is 5.02 Å². The van der Waals surface area contributed by atoms with Crippen LogP contribution in [0.1, 0.15) is 43.7 Å². The van der Waals surface area contributed by atoms with Crippen LogP contribution in [0.5, 0.6) is 5.75 Å². The molecule has 2 nitrogen and oxygen atoms in total. The summed E-state index contributed by atoms with van der Waals surface area (Å²) in [6, 6.07) is 12.2. The summed E-state index contributed by atoms with van der Waals surface area (Å²) in [6.07, 6.45) is 4.92. The highest BCUT2D eigenvalue weighted by Crippen LogP contribution is 2.24. The van der Waals surface area contributed by atoms with Gasteiger partial charge >= 0.3 is 0 Å². The molecule has 0 spiro atoms. The molecule has 0 unspecified atom stereocenters. The van der Waals surface area contributed by atoms with Crippen molar-refractivity contribution in [2.24, 2.45) is 0 Å². The lowest BCUT2D eigenvalue weighted by molar-refractivity contribution is 0.296. The smallest absolute Gasteiger partial charge is 0.129 e. The highest BCUT2D eigenvalue weighted by atomic mass is 35.5. The first-order valence-corrected chi connectivity index (χ1v) is 8.94. The highest BCUT2D eigenvalue weighted by Gasteiger charge is 2.07. The van der Waals surface area contributed by atoms with Crippen LogP contribution in [0.15, 0.2) is 42.5 Å². The Morgan fingerprint density at radius 3 is 2.67 bits per heavy atom. The van der Waals surface area contributed by atoms with Crippen molar-refractivity contribution in [3.63, 3.8) is 0 Å². The first kappa shape index (κ1) is 18.8. The number of rotatable bonds is 10. The van der Waals surface area contributed by atoms with Gasteiger partial charge in [-0.25, -0.2) is 4.39 Å². The van der Waals surface area contributed by atoms with Gasteiger partial charge in [0.1, 0.15) is 18.2 Å². The van der Waals surface area contributed by atoms with Crippen molar-refractivity contribution in [3.05, 3.63) is 64.4 Å². The number of hydrogen-bond acceptors (Lipinski definition) is 2. The molecular weight excluding hydrogens is 325 g/mol. The number of benzene rings is 2. The Bertz CT molecular complexity index is 633. The first-order valence-electron chi connectivity index (χ1n) is 8.56. The molecule has 0 fully saturated rings. The Hall–Kier alpha value is -1.58. The number of hydrogen-bond donors (Lipinski definition) is 1. The number of unbranched alkanes of at least 4 members (excludes halogenated alkanes) is 3. The molecule has 4 heteroatoms. The van der Waals surface area contributed by atoms with E-state index in [1.54, 1.807) is 18.2 Å². The van der Waals surface area contributed by atoms with E-state index in [2.05, 4.69) is 12.2 Å². The maximum Gasteiger partial charge on any atom is 0.129 e. The summed E-state index contributed by atoms with van der Waals surface area (Å²) in [5, 5.41) is 4.10. The van der Waals surface area contributed by atoms with E-state index in [1.165, 1.54) is 31.7 Å². The molecule has 0 heterocycles. The molecule has 1 N–H and O–H groups in total. The van der Waals surface area contributed by atoms with E-state index < -0.39 is 0 Å². The molecule has 2 aromatic rings. The monoisotopic (exact) mass is 349 g/mol. The number of halogens is 2. The van der Waals surface area contributed by atoms with Crippen molar-refractivity contribution in [3.8, 4) is 5.75 Å². The molecule has 0 aromatic heterocycles. The molecule has 0 aliphatic carbocycles. The van der Waals surface area contributed by atoms with E-state index in [4.69, 9.17) is 16.3 Å².